The van der Waals surface area contributed by atoms with E-state index >= 15 is 0 Å². The lowest BCUT2D eigenvalue weighted by molar-refractivity contribution is 0.311. The van der Waals surface area contributed by atoms with E-state index in [4.69, 9.17) is 11.6 Å². The van der Waals surface area contributed by atoms with Gasteiger partial charge in [-0.2, -0.15) is 20.2 Å². The second-order valence-corrected chi connectivity index (χ2v) is 9.39. The van der Waals surface area contributed by atoms with Crippen molar-refractivity contribution >= 4 is 41.1 Å². The van der Waals surface area contributed by atoms with E-state index in [0.29, 0.717) is 40.7 Å². The molecular weight excluding hydrogens is 470 g/mol. The molecule has 1 fully saturated rings. The number of nitriles is 1. The van der Waals surface area contributed by atoms with Gasteiger partial charge >= 0.3 is 0 Å². The molecule has 0 spiro atoms. The zero-order valence-corrected chi connectivity index (χ0v) is 20.8. The van der Waals surface area contributed by atoms with Gasteiger partial charge in [-0.25, -0.2) is 9.97 Å². The number of hydrogen-bond acceptors (Lipinski definition) is 10. The number of likely N-dealkylation sites (N-methyl/N-ethyl adjacent to an activating group) is 1. The summed E-state index contributed by atoms with van der Waals surface area (Å²) < 4.78 is 0. The molecule has 34 heavy (non-hydrogen) atoms. The van der Waals surface area contributed by atoms with Gasteiger partial charge in [0.1, 0.15) is 17.5 Å². The summed E-state index contributed by atoms with van der Waals surface area (Å²) in [6, 6.07) is 9.95. The van der Waals surface area contributed by atoms with Crippen molar-refractivity contribution in [3.05, 3.63) is 52.4 Å². The molecule has 3 aromatic rings. The Labute approximate surface area is 208 Å². The maximum Gasteiger partial charge on any atom is 0.233 e. The number of nitrogens with zero attached hydrogens (tertiary/aromatic N) is 8. The number of halogens is 1. The molecule has 4 rings (SSSR count). The molecule has 0 saturated carbocycles. The zero-order chi connectivity index (χ0) is 23.9. The Morgan fingerprint density at radius 3 is 2.56 bits per heavy atom. The fourth-order valence-corrected chi connectivity index (χ4v) is 4.33. The summed E-state index contributed by atoms with van der Waals surface area (Å²) in [5.41, 5.74) is 1.53. The van der Waals surface area contributed by atoms with Gasteiger partial charge in [-0.15, -0.1) is 0 Å². The van der Waals surface area contributed by atoms with Crippen molar-refractivity contribution < 1.29 is 0 Å². The Hall–Kier alpha value is -3.00. The van der Waals surface area contributed by atoms with Crippen LogP contribution in [0.2, 0.25) is 5.02 Å². The van der Waals surface area contributed by atoms with Crippen LogP contribution in [-0.2, 0) is 12.8 Å². The molecule has 2 aromatic heterocycles. The van der Waals surface area contributed by atoms with Crippen LogP contribution in [0.25, 0.3) is 0 Å². The molecule has 0 atom stereocenters. The number of piperazine rings is 1. The Morgan fingerprint density at radius 1 is 1.09 bits per heavy atom. The van der Waals surface area contributed by atoms with Crippen molar-refractivity contribution in [3.63, 3.8) is 0 Å². The largest absolute Gasteiger partial charge is 0.338 e. The van der Waals surface area contributed by atoms with Gasteiger partial charge in [-0.05, 0) is 31.2 Å². The molecule has 1 saturated heterocycles. The third kappa shape index (κ3) is 6.32. The van der Waals surface area contributed by atoms with E-state index in [9.17, 15) is 5.26 Å². The van der Waals surface area contributed by atoms with E-state index in [0.717, 1.165) is 43.4 Å². The predicted octanol–water partition coefficient (Wildman–Crippen LogP) is 3.58. The zero-order valence-electron chi connectivity index (χ0n) is 19.2. The molecule has 1 aliphatic heterocycles. The minimum Gasteiger partial charge on any atom is -0.338 e. The lowest BCUT2D eigenvalue weighted by Crippen LogP contribution is -2.45. The number of aromatic nitrogens is 5. The monoisotopic (exact) mass is 495 g/mol. The summed E-state index contributed by atoms with van der Waals surface area (Å²) in [7, 11) is 2.11. The standard InChI is InChI=1S/C23H26ClN9S/c1-3-19-27-21(31-22(28-19)33-11-9-32(2)10-12-33)29-20-17(14-25)15-26-23(30-20)34-13-8-16-4-6-18(24)7-5-16/h4-7,15H,3,8-13H2,1-2H3,(H,26,27,28,29,30,31). The van der Waals surface area contributed by atoms with Crippen molar-refractivity contribution in [2.24, 2.45) is 0 Å². The van der Waals surface area contributed by atoms with Gasteiger partial charge in [0, 0.05) is 43.4 Å². The highest BCUT2D eigenvalue weighted by Crippen LogP contribution is 2.22. The Bertz CT molecular complexity index is 1160. The number of aryl methyl sites for hydroxylation is 2. The van der Waals surface area contributed by atoms with Crippen molar-refractivity contribution in [2.75, 3.05) is 49.2 Å². The molecule has 0 unspecified atom stereocenters. The minimum atomic E-state index is 0.335. The number of nitrogens with one attached hydrogen (secondary N) is 1. The van der Waals surface area contributed by atoms with Crippen LogP contribution < -0.4 is 10.2 Å². The predicted molar refractivity (Wildman–Crippen MR) is 135 cm³/mol. The fraction of sp³-hybridized carbons (Fsp3) is 0.391. The lowest BCUT2D eigenvalue weighted by atomic mass is 10.2. The molecule has 3 heterocycles. The maximum atomic E-state index is 9.56. The van der Waals surface area contributed by atoms with Gasteiger partial charge in [0.15, 0.2) is 11.0 Å². The van der Waals surface area contributed by atoms with Gasteiger partial charge in [0.25, 0.3) is 0 Å². The van der Waals surface area contributed by atoms with E-state index in [1.807, 2.05) is 31.2 Å². The molecule has 0 amide bonds. The highest BCUT2D eigenvalue weighted by Gasteiger charge is 2.19. The van der Waals surface area contributed by atoms with Gasteiger partial charge < -0.3 is 15.1 Å². The van der Waals surface area contributed by atoms with Crippen molar-refractivity contribution in [3.8, 4) is 6.07 Å². The number of hydrogen-bond donors (Lipinski definition) is 1. The van der Waals surface area contributed by atoms with E-state index < -0.39 is 0 Å². The van der Waals surface area contributed by atoms with E-state index in [1.165, 1.54) is 23.5 Å². The molecule has 1 aromatic carbocycles. The van der Waals surface area contributed by atoms with E-state index in [2.05, 4.69) is 53.2 Å². The molecule has 0 radical (unpaired) electrons. The van der Waals surface area contributed by atoms with Crippen LogP contribution in [0.1, 0.15) is 23.9 Å². The third-order valence-electron chi connectivity index (χ3n) is 5.42. The molecule has 1 N–H and O–H groups in total. The second kappa shape index (κ2) is 11.4. The van der Waals surface area contributed by atoms with Gasteiger partial charge in [0.05, 0.1) is 6.20 Å². The van der Waals surface area contributed by atoms with Crippen molar-refractivity contribution in [1.29, 1.82) is 5.26 Å². The molecule has 9 nitrogen and oxygen atoms in total. The first-order chi connectivity index (χ1) is 16.5. The lowest BCUT2D eigenvalue weighted by Gasteiger charge is -2.32. The van der Waals surface area contributed by atoms with Crippen LogP contribution >= 0.6 is 23.4 Å². The van der Waals surface area contributed by atoms with Crippen LogP contribution in [0.15, 0.2) is 35.6 Å². The van der Waals surface area contributed by atoms with Gasteiger partial charge in [0.2, 0.25) is 11.9 Å². The summed E-state index contributed by atoms with van der Waals surface area (Å²) in [5.74, 6) is 2.91. The average molecular weight is 496 g/mol. The van der Waals surface area contributed by atoms with Crippen LogP contribution in [0.5, 0.6) is 0 Å². The summed E-state index contributed by atoms with van der Waals surface area (Å²) in [5, 5.41) is 14.0. The van der Waals surface area contributed by atoms with Crippen molar-refractivity contribution in [2.45, 2.75) is 24.9 Å². The molecule has 11 heteroatoms. The smallest absolute Gasteiger partial charge is 0.233 e. The highest BCUT2D eigenvalue weighted by molar-refractivity contribution is 7.99. The first-order valence-corrected chi connectivity index (χ1v) is 12.5. The first kappa shape index (κ1) is 24.1. The van der Waals surface area contributed by atoms with Crippen molar-refractivity contribution in [1.82, 2.24) is 29.8 Å². The Kier molecular flexibility index (Phi) is 8.11. The quantitative estimate of drug-likeness (QED) is 0.368. The number of rotatable bonds is 8. The minimum absolute atomic E-state index is 0.335. The van der Waals surface area contributed by atoms with Gasteiger partial charge in [-0.1, -0.05) is 42.4 Å². The van der Waals surface area contributed by atoms with E-state index in [1.54, 1.807) is 0 Å². The first-order valence-electron chi connectivity index (χ1n) is 11.1. The SMILES string of the molecule is CCc1nc(Nc2nc(SCCc3ccc(Cl)cc3)ncc2C#N)nc(N2CCN(C)CC2)n1. The summed E-state index contributed by atoms with van der Waals surface area (Å²) in [4.78, 5) is 27.1. The third-order valence-corrected chi connectivity index (χ3v) is 6.54. The second-order valence-electron chi connectivity index (χ2n) is 7.90. The molecular formula is C23H26ClN9S. The van der Waals surface area contributed by atoms with Crippen LogP contribution in [0, 0.1) is 11.3 Å². The average Bonchev–Trinajstić information content (AvgIpc) is 2.85. The van der Waals surface area contributed by atoms with Crippen LogP contribution in [0.4, 0.5) is 17.7 Å². The van der Waals surface area contributed by atoms with Crippen LogP contribution in [-0.4, -0.2) is 68.8 Å². The number of benzene rings is 1. The highest BCUT2D eigenvalue weighted by atomic mass is 35.5. The number of anilines is 3. The summed E-state index contributed by atoms with van der Waals surface area (Å²) in [6.45, 7) is 5.63. The maximum absolute atomic E-state index is 9.56. The Balaban J connectivity index is 1.49. The molecule has 1 aliphatic rings. The van der Waals surface area contributed by atoms with Gasteiger partial charge in [-0.3, -0.25) is 0 Å². The summed E-state index contributed by atoms with van der Waals surface area (Å²) >= 11 is 7.48. The molecule has 0 aliphatic carbocycles. The fourth-order valence-electron chi connectivity index (χ4n) is 3.40. The molecule has 176 valence electrons. The summed E-state index contributed by atoms with van der Waals surface area (Å²) in [6.07, 6.45) is 3.07. The molecule has 0 bridgehead atoms. The van der Waals surface area contributed by atoms with E-state index in [-0.39, 0.29) is 0 Å². The topological polar surface area (TPSA) is 107 Å². The Morgan fingerprint density at radius 2 is 1.85 bits per heavy atom. The normalized spacial score (nSPS) is 14.1. The number of thioether (sulfide) groups is 1. The van der Waals surface area contributed by atoms with Crippen LogP contribution in [0.3, 0.4) is 0 Å².